The second-order valence-electron chi connectivity index (χ2n) is 6.24. The van der Waals surface area contributed by atoms with Gasteiger partial charge in [0.2, 0.25) is 0 Å². The monoisotopic (exact) mass is 349 g/mol. The number of benzene rings is 2. The first kappa shape index (κ1) is 17.6. The van der Waals surface area contributed by atoms with Crippen LogP contribution in [-0.2, 0) is 9.53 Å². The van der Waals surface area contributed by atoms with E-state index in [1.54, 1.807) is 6.92 Å². The lowest BCUT2D eigenvalue weighted by molar-refractivity contribution is -0.140. The van der Waals surface area contributed by atoms with E-state index >= 15 is 0 Å². The Bertz CT molecular complexity index is 838. The van der Waals surface area contributed by atoms with E-state index in [2.05, 4.69) is 11.2 Å². The van der Waals surface area contributed by atoms with Crippen LogP contribution in [0.25, 0.3) is 11.1 Å². The molecule has 5 heteroatoms. The third-order valence-corrected chi connectivity index (χ3v) is 4.65. The molecule has 0 saturated carbocycles. The molecule has 1 amide bonds. The van der Waals surface area contributed by atoms with Crippen molar-refractivity contribution in [1.29, 1.82) is 0 Å². The molecule has 0 aliphatic heterocycles. The molecule has 1 aliphatic carbocycles. The molecule has 0 spiro atoms. The standard InChI is InChI=1S/C21H19NO4/c1-3-13(2)19(20(23)24)22-21(25)26-12-18-16-10-6-4-8-14(16)15-9-5-7-11-17(15)18/h1,4-11,13,18-19H,12H2,2H3,(H,22,25)(H,23,24)/t13-,19+/m1/s1. The number of aliphatic carboxylic acids is 1. The van der Waals surface area contributed by atoms with Crippen LogP contribution < -0.4 is 5.32 Å². The highest BCUT2D eigenvalue weighted by molar-refractivity contribution is 5.81. The van der Waals surface area contributed by atoms with Crippen LogP contribution in [0.3, 0.4) is 0 Å². The van der Waals surface area contributed by atoms with Gasteiger partial charge in [-0.3, -0.25) is 0 Å². The Balaban J connectivity index is 1.73. The van der Waals surface area contributed by atoms with Gasteiger partial charge in [0.15, 0.2) is 0 Å². The minimum Gasteiger partial charge on any atom is -0.480 e. The fourth-order valence-electron chi connectivity index (χ4n) is 3.26. The molecule has 5 nitrogen and oxygen atoms in total. The first-order valence-electron chi connectivity index (χ1n) is 8.33. The van der Waals surface area contributed by atoms with Crippen LogP contribution in [0.4, 0.5) is 4.79 Å². The first-order valence-corrected chi connectivity index (χ1v) is 8.33. The van der Waals surface area contributed by atoms with Crippen molar-refractivity contribution in [3.05, 3.63) is 59.7 Å². The molecule has 2 atom stereocenters. The van der Waals surface area contributed by atoms with Gasteiger partial charge in [0.1, 0.15) is 12.6 Å². The second-order valence-corrected chi connectivity index (χ2v) is 6.24. The van der Waals surface area contributed by atoms with Crippen LogP contribution in [0.5, 0.6) is 0 Å². The zero-order valence-corrected chi connectivity index (χ0v) is 14.3. The lowest BCUT2D eigenvalue weighted by atomic mass is 9.98. The number of nitrogens with one attached hydrogen (secondary N) is 1. The zero-order chi connectivity index (χ0) is 18.7. The second kappa shape index (κ2) is 7.32. The van der Waals surface area contributed by atoms with Crippen molar-refractivity contribution in [2.45, 2.75) is 18.9 Å². The molecule has 0 unspecified atom stereocenters. The van der Waals surface area contributed by atoms with Gasteiger partial charge in [-0.25, -0.2) is 9.59 Å². The van der Waals surface area contributed by atoms with Gasteiger partial charge >= 0.3 is 12.1 Å². The SMILES string of the molecule is C#C[C@@H](C)[C@H](NC(=O)OCC1c2ccccc2-c2ccccc21)C(=O)O. The van der Waals surface area contributed by atoms with E-state index < -0.39 is 24.0 Å². The van der Waals surface area contributed by atoms with Gasteiger partial charge in [0.25, 0.3) is 0 Å². The highest BCUT2D eigenvalue weighted by atomic mass is 16.5. The molecule has 0 fully saturated rings. The fourth-order valence-corrected chi connectivity index (χ4v) is 3.26. The van der Waals surface area contributed by atoms with Gasteiger partial charge in [-0.2, -0.15) is 0 Å². The lowest BCUT2D eigenvalue weighted by Gasteiger charge is -2.19. The number of carboxylic acid groups (broad SMARTS) is 1. The summed E-state index contributed by atoms with van der Waals surface area (Å²) in [6.45, 7) is 1.68. The van der Waals surface area contributed by atoms with Crippen LogP contribution in [0.15, 0.2) is 48.5 Å². The number of carboxylic acids is 1. The number of alkyl carbamates (subject to hydrolysis) is 1. The maximum Gasteiger partial charge on any atom is 0.407 e. The van der Waals surface area contributed by atoms with Crippen molar-refractivity contribution < 1.29 is 19.4 Å². The fraction of sp³-hybridized carbons (Fsp3) is 0.238. The molecule has 2 N–H and O–H groups in total. The predicted molar refractivity (Wildman–Crippen MR) is 97.6 cm³/mol. The summed E-state index contributed by atoms with van der Waals surface area (Å²) in [6, 6.07) is 14.8. The number of ether oxygens (including phenoxy) is 1. The van der Waals surface area contributed by atoms with Gasteiger partial charge in [-0.15, -0.1) is 12.3 Å². The van der Waals surface area contributed by atoms with Crippen molar-refractivity contribution in [3.8, 4) is 23.5 Å². The van der Waals surface area contributed by atoms with Crippen LogP contribution >= 0.6 is 0 Å². The van der Waals surface area contributed by atoms with E-state index in [1.807, 2.05) is 48.5 Å². The number of carbonyl (C=O) groups excluding carboxylic acids is 1. The molecule has 0 radical (unpaired) electrons. The molecule has 1 aliphatic rings. The summed E-state index contributed by atoms with van der Waals surface area (Å²) in [5, 5.41) is 11.5. The molecule has 2 aromatic rings. The van der Waals surface area contributed by atoms with Crippen molar-refractivity contribution in [1.82, 2.24) is 5.32 Å². The summed E-state index contributed by atoms with van der Waals surface area (Å²) in [6.07, 6.45) is 4.47. The molecular formula is C21H19NO4. The maximum absolute atomic E-state index is 12.1. The minimum atomic E-state index is -1.19. The van der Waals surface area contributed by atoms with Crippen molar-refractivity contribution in [2.75, 3.05) is 6.61 Å². The summed E-state index contributed by atoms with van der Waals surface area (Å²) in [5.41, 5.74) is 4.43. The van der Waals surface area contributed by atoms with E-state index in [0.717, 1.165) is 22.3 Å². The summed E-state index contributed by atoms with van der Waals surface area (Å²) >= 11 is 0. The molecule has 0 aromatic heterocycles. The summed E-state index contributed by atoms with van der Waals surface area (Å²) in [5.74, 6) is 0.406. The minimum absolute atomic E-state index is 0.0820. The average molecular weight is 349 g/mol. The Morgan fingerprint density at radius 1 is 1.15 bits per heavy atom. The Hall–Kier alpha value is -3.26. The van der Waals surface area contributed by atoms with E-state index in [4.69, 9.17) is 11.2 Å². The van der Waals surface area contributed by atoms with Gasteiger partial charge < -0.3 is 15.2 Å². The molecule has 3 rings (SSSR count). The number of terminal acetylenes is 1. The quantitative estimate of drug-likeness (QED) is 0.813. The number of hydrogen-bond acceptors (Lipinski definition) is 3. The Morgan fingerprint density at radius 2 is 1.69 bits per heavy atom. The highest BCUT2D eigenvalue weighted by Crippen LogP contribution is 2.44. The summed E-state index contributed by atoms with van der Waals surface area (Å²) in [4.78, 5) is 23.4. The highest BCUT2D eigenvalue weighted by Gasteiger charge is 2.30. The zero-order valence-electron chi connectivity index (χ0n) is 14.3. The molecular weight excluding hydrogens is 330 g/mol. The van der Waals surface area contributed by atoms with E-state index in [-0.39, 0.29) is 12.5 Å². The largest absolute Gasteiger partial charge is 0.480 e. The van der Waals surface area contributed by atoms with Gasteiger partial charge in [-0.1, -0.05) is 48.5 Å². The van der Waals surface area contributed by atoms with Crippen LogP contribution in [-0.4, -0.2) is 29.8 Å². The third kappa shape index (κ3) is 3.27. The smallest absolute Gasteiger partial charge is 0.407 e. The van der Waals surface area contributed by atoms with Crippen molar-refractivity contribution in [2.24, 2.45) is 5.92 Å². The third-order valence-electron chi connectivity index (χ3n) is 4.65. The lowest BCUT2D eigenvalue weighted by Crippen LogP contribution is -2.45. The number of fused-ring (bicyclic) bond motifs is 3. The first-order chi connectivity index (χ1) is 12.5. The van der Waals surface area contributed by atoms with E-state index in [0.29, 0.717) is 0 Å². The van der Waals surface area contributed by atoms with Crippen LogP contribution in [0, 0.1) is 18.3 Å². The predicted octanol–water partition coefficient (Wildman–Crippen LogP) is 3.25. The van der Waals surface area contributed by atoms with Crippen LogP contribution in [0.2, 0.25) is 0 Å². The number of hydrogen-bond donors (Lipinski definition) is 2. The average Bonchev–Trinajstić information content (AvgIpc) is 2.97. The van der Waals surface area contributed by atoms with Crippen molar-refractivity contribution >= 4 is 12.1 Å². The number of carbonyl (C=O) groups is 2. The van der Waals surface area contributed by atoms with Gasteiger partial charge in [-0.05, 0) is 29.2 Å². The van der Waals surface area contributed by atoms with Gasteiger partial charge in [0, 0.05) is 11.8 Å². The normalized spacial score (nSPS) is 14.5. The number of amides is 1. The molecule has 0 heterocycles. The molecule has 132 valence electrons. The summed E-state index contributed by atoms with van der Waals surface area (Å²) in [7, 11) is 0. The Morgan fingerprint density at radius 3 is 2.19 bits per heavy atom. The maximum atomic E-state index is 12.1. The van der Waals surface area contributed by atoms with E-state index in [1.165, 1.54) is 0 Å². The molecule has 0 bridgehead atoms. The molecule has 2 aromatic carbocycles. The van der Waals surface area contributed by atoms with Crippen LogP contribution in [0.1, 0.15) is 24.0 Å². The number of rotatable bonds is 5. The van der Waals surface area contributed by atoms with Gasteiger partial charge in [0.05, 0.1) is 0 Å². The topological polar surface area (TPSA) is 75.6 Å². The van der Waals surface area contributed by atoms with Crippen molar-refractivity contribution in [3.63, 3.8) is 0 Å². The molecule has 26 heavy (non-hydrogen) atoms. The summed E-state index contributed by atoms with van der Waals surface area (Å²) < 4.78 is 5.33. The van der Waals surface area contributed by atoms with E-state index in [9.17, 15) is 14.7 Å². The Kier molecular flexibility index (Phi) is 4.94. The Labute approximate surface area is 152 Å². The molecule has 0 saturated heterocycles.